The van der Waals surface area contributed by atoms with Crippen LogP contribution in [0.1, 0.15) is 135 Å². The Kier molecular flexibility index (Phi) is 30.2. The van der Waals surface area contributed by atoms with E-state index in [1.165, 1.54) is 21.0 Å². The largest absolute Gasteiger partial charge is 0.495 e. The molecule has 6 unspecified atom stereocenters. The maximum Gasteiger partial charge on any atom is 0.434 e. The van der Waals surface area contributed by atoms with Gasteiger partial charge in [0.2, 0.25) is 18.7 Å². The number of anilines is 3. The Bertz CT molecular complexity index is 5090. The van der Waals surface area contributed by atoms with E-state index in [2.05, 4.69) is 30.2 Å². The number of carbonyl (C=O) groups excluding carboxylic acids is 5. The van der Waals surface area contributed by atoms with Gasteiger partial charge in [0.05, 0.1) is 67.5 Å². The number of hydrogen-bond donors (Lipinski definition) is 4. The van der Waals surface area contributed by atoms with Gasteiger partial charge in [0.15, 0.2) is 18.3 Å². The quantitative estimate of drug-likeness (QED) is 0.0200. The van der Waals surface area contributed by atoms with Crippen molar-refractivity contribution >= 4 is 105 Å². The summed E-state index contributed by atoms with van der Waals surface area (Å²) in [5.41, 5.74) is -2.56. The van der Waals surface area contributed by atoms with Crippen LogP contribution >= 0.6 is 58.0 Å². The maximum absolute atomic E-state index is 15.6. The van der Waals surface area contributed by atoms with Gasteiger partial charge in [0.25, 0.3) is 0 Å². The molecule has 3 aromatic carbocycles. The van der Waals surface area contributed by atoms with Gasteiger partial charge in [0, 0.05) is 61.7 Å². The number of methoxy groups -OCH3 is 1. The number of benzene rings is 3. The summed E-state index contributed by atoms with van der Waals surface area (Å²) in [7, 11) is -10.6. The minimum atomic E-state index is -4.03. The molecule has 0 radical (unpaired) electrons. The normalized spacial score (nSPS) is 27.9. The van der Waals surface area contributed by atoms with Gasteiger partial charge >= 0.3 is 87.9 Å². The number of rotatable bonds is 23. The first-order valence-corrected chi connectivity index (χ1v) is 42.4. The minimum absolute atomic E-state index is 0.0386. The molecule has 3 aromatic heterocycles. The topological polar surface area (TPSA) is 436 Å². The second-order valence-corrected chi connectivity index (χ2v) is 35.4. The fourth-order valence-corrected chi connectivity index (χ4v) is 17.2. The lowest BCUT2D eigenvalue weighted by molar-refractivity contribution is -0.180. The summed E-state index contributed by atoms with van der Waals surface area (Å²) in [6, 6.07) is 21.8. The number of ether oxygens (including phenoxy) is 9. The fourth-order valence-electron chi connectivity index (χ4n) is 12.1. The Morgan fingerprint density at radius 2 is 0.917 bits per heavy atom. The molecule has 9 heterocycles. The number of nitrogens with zero attached hydrogens (tertiary/aromatic N) is 6. The molecular weight excluding hydrogens is 1740 g/mol. The molecule has 6 saturated heterocycles. The molecule has 0 spiro atoms. The molecule has 12 rings (SSSR count). The Hall–Kier alpha value is -8.41. The second-order valence-electron chi connectivity index (χ2n) is 29.0. The molecule has 48 heteroatoms. The Balaban J connectivity index is 0.000000189. The zero-order valence-electron chi connectivity index (χ0n) is 65.3. The zero-order chi connectivity index (χ0) is 87.9. The number of hydrogen-bond acceptors (Lipinski definition) is 30. The standard InChI is InChI=1S/C26H31ClF2N3O9P.C24H29ClF2N3O9P.C22H23ClF2N3O9P/c1-14(2)22(33)37-13-19-21(40-23(34)15(3)4)26(28,29)24(39-19)32-10-8-20(30-25(32)35)31-42(36)38-11-9-18(41-42)16-6-5-7-17(27)12-16;1-23(2,3)21(32)36-12-17-19(31)24(26,27)20(38-17)30-9-7-18(28-22(30)33)29-40(34)37-10-8-15(39-40)13-5-6-16(35-4)14(25)11-13;1-12(29)33-11-17-19(35-13(2)30)22(24,25)20(36-17)28-8-6-18(26-21(28)31)27-38(32)34-9-7-16(37-38)14-4-3-5-15(23)10-14/h5-8,10,12,14-15,18-19,21,24H,9,11,13H2,1-4H3,(H,30,31,35,36);5-7,9,11,15,17,19-20,31H,8,10,12H2,1-4H3,(H,28,29,33,34);3-6,8,10,16-17,19-20H,7,9,11H2,1-2H3,(H,26,27,31,32)/t18?,19-,21-,24-,42?;15?,17-,19-,20-,40?;16?,17-,19-,20-,38?/m111/s1. The van der Waals surface area contributed by atoms with Crippen molar-refractivity contribution in [2.45, 2.75) is 173 Å². The monoisotopic (exact) mass is 1820 g/mol. The van der Waals surface area contributed by atoms with Crippen molar-refractivity contribution in [3.8, 4) is 5.75 Å². The summed E-state index contributed by atoms with van der Waals surface area (Å²) in [5, 5.41) is 18.7. The van der Waals surface area contributed by atoms with Gasteiger partial charge in [-0.25, -0.2) is 28.1 Å². The Morgan fingerprint density at radius 1 is 0.533 bits per heavy atom. The van der Waals surface area contributed by atoms with Crippen LogP contribution in [0.25, 0.3) is 0 Å². The van der Waals surface area contributed by atoms with Crippen LogP contribution < -0.4 is 37.1 Å². The van der Waals surface area contributed by atoms with E-state index in [0.717, 1.165) is 50.6 Å². The van der Waals surface area contributed by atoms with Crippen LogP contribution in [0, 0.1) is 17.3 Å². The summed E-state index contributed by atoms with van der Waals surface area (Å²) in [4.78, 5) is 108. The Labute approximate surface area is 694 Å². The molecule has 656 valence electrons. The van der Waals surface area contributed by atoms with Crippen LogP contribution in [-0.4, -0.2) is 165 Å². The number of aliphatic hydroxyl groups excluding tert-OH is 1. The SMILES string of the molecule is CC(=O)OC[C@H]1O[C@@H](n2ccc(NP3(=O)OCCC(c4cccc(Cl)c4)O3)nc2=O)C(F)(F)[C@@H]1OC(C)=O.CC(C)C(=O)OC[C@H]1O[C@@H](n2ccc(NP3(=O)OCCC(c4cccc(Cl)c4)O3)nc2=O)C(F)(F)[C@@H]1OC(=O)C(C)C.COc1ccc(C2CCOP(=O)(Nc3ccn([C@@H]4O[C@H](COC(=O)C(C)(C)C)[C@@H](O)C4(F)F)c(=O)n3)O2)cc1Cl. The van der Waals surface area contributed by atoms with Gasteiger partial charge in [-0.1, -0.05) is 92.8 Å². The fraction of sp³-hybridized carbons (Fsp3) is 0.514. The highest BCUT2D eigenvalue weighted by atomic mass is 35.5. The van der Waals surface area contributed by atoms with Crippen molar-refractivity contribution in [3.63, 3.8) is 0 Å². The minimum Gasteiger partial charge on any atom is -0.495 e. The van der Waals surface area contributed by atoms with Crippen LogP contribution in [0.3, 0.4) is 0 Å². The molecule has 6 aliphatic heterocycles. The first-order chi connectivity index (χ1) is 56.2. The second kappa shape index (κ2) is 38.6. The summed E-state index contributed by atoms with van der Waals surface area (Å²) in [5.74, 6) is -17.4. The molecule has 15 atom stereocenters. The lowest BCUT2D eigenvalue weighted by Crippen LogP contribution is -2.45. The first-order valence-electron chi connectivity index (χ1n) is 36.6. The van der Waals surface area contributed by atoms with E-state index in [4.69, 9.17) is 105 Å². The van der Waals surface area contributed by atoms with Crippen molar-refractivity contribution in [1.29, 1.82) is 0 Å². The van der Waals surface area contributed by atoms with Gasteiger partial charge in [0.1, 0.15) is 61.3 Å². The Morgan fingerprint density at radius 3 is 1.28 bits per heavy atom. The number of esters is 5. The van der Waals surface area contributed by atoms with E-state index < -0.39 is 199 Å². The summed E-state index contributed by atoms with van der Waals surface area (Å²) >= 11 is 18.2. The molecule has 4 N–H and O–H groups in total. The highest BCUT2D eigenvalue weighted by Gasteiger charge is 2.65. The maximum atomic E-state index is 15.6. The van der Waals surface area contributed by atoms with Gasteiger partial charge in [-0.2, -0.15) is 41.3 Å². The summed E-state index contributed by atoms with van der Waals surface area (Å²) in [6.07, 6.45) is -16.1. The molecule has 6 aliphatic rings. The third-order valence-electron chi connectivity index (χ3n) is 18.1. The smallest absolute Gasteiger partial charge is 0.434 e. The number of aliphatic hydroxyl groups is 1. The third-order valence-corrected chi connectivity index (χ3v) is 23.5. The van der Waals surface area contributed by atoms with Crippen molar-refractivity contribution in [2.75, 3.05) is 62.0 Å². The molecule has 0 saturated carbocycles. The number of alkyl halides is 6. The molecule has 120 heavy (non-hydrogen) atoms. The van der Waals surface area contributed by atoms with Crippen molar-refractivity contribution in [3.05, 3.63) is 167 Å². The molecular formula is C72H83Cl3F6N9O27P3. The van der Waals surface area contributed by atoms with Crippen LogP contribution in [-0.2, 0) is 103 Å². The van der Waals surface area contributed by atoms with E-state index in [0.29, 0.717) is 70.5 Å². The van der Waals surface area contributed by atoms with Crippen LogP contribution in [0.2, 0.25) is 15.1 Å². The average Bonchev–Trinajstić information content (AvgIpc) is 1.58. The number of halogens is 9. The lowest BCUT2D eigenvalue weighted by atomic mass is 9.97. The highest BCUT2D eigenvalue weighted by molar-refractivity contribution is 7.56. The van der Waals surface area contributed by atoms with Crippen LogP contribution in [0.4, 0.5) is 43.8 Å². The highest BCUT2D eigenvalue weighted by Crippen LogP contribution is 2.59. The van der Waals surface area contributed by atoms with Gasteiger partial charge < -0.3 is 47.7 Å². The number of nitrogens with one attached hydrogen (secondary N) is 3. The molecule has 0 amide bonds. The van der Waals surface area contributed by atoms with Crippen molar-refractivity contribution in [1.82, 2.24) is 28.7 Å². The van der Waals surface area contributed by atoms with E-state index in [1.54, 1.807) is 101 Å². The van der Waals surface area contributed by atoms with Crippen molar-refractivity contribution < 1.29 is 139 Å². The molecule has 0 bridgehead atoms. The summed E-state index contributed by atoms with van der Waals surface area (Å²) in [6.45, 7) is 11.0. The first kappa shape index (κ1) is 93.9. The van der Waals surface area contributed by atoms with Crippen LogP contribution in [0.5, 0.6) is 5.75 Å². The van der Waals surface area contributed by atoms with E-state index in [1.807, 2.05) is 0 Å². The third kappa shape index (κ3) is 22.9. The number of aromatic nitrogens is 6. The predicted octanol–water partition coefficient (Wildman–Crippen LogP) is 12.6. The van der Waals surface area contributed by atoms with Gasteiger partial charge in [-0.05, 0) is 92.1 Å². The van der Waals surface area contributed by atoms with E-state index in [-0.39, 0.29) is 37.3 Å². The van der Waals surface area contributed by atoms with E-state index in [9.17, 15) is 65.9 Å². The summed E-state index contributed by atoms with van der Waals surface area (Å²) < 4.78 is 211. The van der Waals surface area contributed by atoms with Crippen LogP contribution in [0.15, 0.2) is 118 Å². The van der Waals surface area contributed by atoms with Gasteiger partial charge in [-0.15, -0.1) is 0 Å². The molecule has 36 nitrogen and oxygen atoms in total. The molecule has 6 fully saturated rings. The lowest BCUT2D eigenvalue weighted by Gasteiger charge is -2.30. The van der Waals surface area contributed by atoms with E-state index >= 15 is 17.6 Å². The molecule has 0 aliphatic carbocycles. The predicted molar refractivity (Wildman–Crippen MR) is 409 cm³/mol. The average molecular weight is 1820 g/mol. The zero-order valence-corrected chi connectivity index (χ0v) is 70.2. The van der Waals surface area contributed by atoms with Gasteiger partial charge in [-0.3, -0.25) is 80.1 Å². The molecule has 6 aromatic rings. The number of carbonyl (C=O) groups is 5. The van der Waals surface area contributed by atoms with Crippen molar-refractivity contribution in [2.24, 2.45) is 17.3 Å².